The van der Waals surface area contributed by atoms with Crippen LogP contribution in [0, 0.1) is 0 Å². The third-order valence-electron chi connectivity index (χ3n) is 0.771. The van der Waals surface area contributed by atoms with Crippen LogP contribution < -0.4 is 11.3 Å². The van der Waals surface area contributed by atoms with Crippen molar-refractivity contribution in [3.8, 4) is 0 Å². The first-order chi connectivity index (χ1) is 4.20. The molecule has 2 radical (unpaired) electrons. The van der Waals surface area contributed by atoms with Crippen LogP contribution in [0.25, 0.3) is 0 Å². The van der Waals surface area contributed by atoms with Crippen molar-refractivity contribution in [3.05, 3.63) is 10.8 Å². The second kappa shape index (κ2) is 2.35. The molecule has 2 N–H and O–H groups in total. The molecule has 0 saturated carbocycles. The first kappa shape index (κ1) is 6.54. The summed E-state index contributed by atoms with van der Waals surface area (Å²) in [6.45, 7) is 0. The van der Waals surface area contributed by atoms with Gasteiger partial charge in [-0.15, -0.1) is 0 Å². The van der Waals surface area contributed by atoms with Crippen molar-refractivity contribution in [1.82, 2.24) is 9.97 Å². The van der Waals surface area contributed by atoms with Crippen LogP contribution in [0.2, 0.25) is 0 Å². The van der Waals surface area contributed by atoms with E-state index < -0.39 is 0 Å². The van der Waals surface area contributed by atoms with Crippen LogP contribution >= 0.6 is 15.9 Å². The molecule has 5 heteroatoms. The molecular formula is C4H3BBrN3. The van der Waals surface area contributed by atoms with Crippen LogP contribution in [0.3, 0.4) is 0 Å². The van der Waals surface area contributed by atoms with E-state index in [1.807, 2.05) is 0 Å². The quantitative estimate of drug-likeness (QED) is 0.558. The fraction of sp³-hybridized carbons (Fsp3) is 0. The van der Waals surface area contributed by atoms with Crippen molar-refractivity contribution in [1.29, 1.82) is 0 Å². The first-order valence-electron chi connectivity index (χ1n) is 2.23. The highest BCUT2D eigenvalue weighted by Crippen LogP contribution is 2.08. The third kappa shape index (κ3) is 1.42. The van der Waals surface area contributed by atoms with Gasteiger partial charge in [0.15, 0.2) is 5.82 Å². The van der Waals surface area contributed by atoms with Gasteiger partial charge in [-0.2, -0.15) is 0 Å². The lowest BCUT2D eigenvalue weighted by atomic mass is 10.1. The van der Waals surface area contributed by atoms with Crippen LogP contribution in [0.4, 0.5) is 5.82 Å². The van der Waals surface area contributed by atoms with E-state index in [2.05, 4.69) is 25.9 Å². The van der Waals surface area contributed by atoms with Gasteiger partial charge in [0.2, 0.25) is 0 Å². The Bertz CT molecular complexity index is 227. The van der Waals surface area contributed by atoms with E-state index in [1.165, 1.54) is 6.20 Å². The molecule has 1 aromatic heterocycles. The molecule has 44 valence electrons. The summed E-state index contributed by atoms with van der Waals surface area (Å²) in [5.74, 6) is 0.315. The average Bonchev–Trinajstić information content (AvgIpc) is 1.80. The Balaban J connectivity index is 3.17. The van der Waals surface area contributed by atoms with Gasteiger partial charge in [0.25, 0.3) is 0 Å². The van der Waals surface area contributed by atoms with Crippen molar-refractivity contribution < 1.29 is 0 Å². The number of anilines is 1. The Labute approximate surface area is 62.2 Å². The summed E-state index contributed by atoms with van der Waals surface area (Å²) in [5.41, 5.74) is 5.65. The predicted octanol–water partition coefficient (Wildman–Crippen LogP) is -0.385. The average molecular weight is 184 g/mol. The van der Waals surface area contributed by atoms with Crippen molar-refractivity contribution in [3.63, 3.8) is 0 Å². The number of aromatic nitrogens is 2. The highest BCUT2D eigenvalue weighted by atomic mass is 79.9. The molecule has 0 unspecified atom stereocenters. The fourth-order valence-corrected chi connectivity index (χ4v) is 0.594. The van der Waals surface area contributed by atoms with Gasteiger partial charge in [0.05, 0.1) is 0 Å². The molecule has 0 aromatic carbocycles. The van der Waals surface area contributed by atoms with Gasteiger partial charge in [-0.25, -0.2) is 9.97 Å². The smallest absolute Gasteiger partial charge is 0.156 e. The predicted molar refractivity (Wildman–Crippen MR) is 39.5 cm³/mol. The Morgan fingerprint density at radius 1 is 1.67 bits per heavy atom. The lowest BCUT2D eigenvalue weighted by molar-refractivity contribution is 1.21. The zero-order chi connectivity index (χ0) is 6.85. The molecule has 1 aromatic rings. The molecule has 0 aliphatic rings. The Morgan fingerprint density at radius 2 is 2.33 bits per heavy atom. The monoisotopic (exact) mass is 183 g/mol. The van der Waals surface area contributed by atoms with Gasteiger partial charge >= 0.3 is 0 Å². The molecule has 0 bridgehead atoms. The lowest BCUT2D eigenvalue weighted by Crippen LogP contribution is -2.11. The molecular weight excluding hydrogens is 181 g/mol. The van der Waals surface area contributed by atoms with Crippen molar-refractivity contribution in [2.24, 2.45) is 0 Å². The molecule has 0 aliphatic heterocycles. The fourth-order valence-electron chi connectivity index (χ4n) is 0.403. The van der Waals surface area contributed by atoms with Gasteiger partial charge in [0.1, 0.15) is 12.4 Å². The van der Waals surface area contributed by atoms with Crippen molar-refractivity contribution >= 4 is 35.2 Å². The molecule has 1 heterocycles. The SMILES string of the molecule is [B]c1cnc(Br)c(N)n1. The lowest BCUT2D eigenvalue weighted by Gasteiger charge is -1.95. The highest BCUT2D eigenvalue weighted by Gasteiger charge is 1.94. The minimum absolute atomic E-state index is 0.315. The maximum Gasteiger partial charge on any atom is 0.156 e. The summed E-state index contributed by atoms with van der Waals surface area (Å²) in [6, 6.07) is 0. The van der Waals surface area contributed by atoms with Crippen molar-refractivity contribution in [2.45, 2.75) is 0 Å². The molecule has 0 atom stereocenters. The largest absolute Gasteiger partial charge is 0.381 e. The summed E-state index contributed by atoms with van der Waals surface area (Å²) in [5, 5.41) is 0. The number of nitrogens with zero attached hydrogens (tertiary/aromatic N) is 2. The minimum atomic E-state index is 0.315. The number of nitrogen functional groups attached to an aromatic ring is 1. The van der Waals surface area contributed by atoms with Gasteiger partial charge in [-0.05, 0) is 15.9 Å². The Kier molecular flexibility index (Phi) is 1.71. The molecule has 0 amide bonds. The number of hydrogen-bond acceptors (Lipinski definition) is 3. The Hall–Kier alpha value is -0.575. The zero-order valence-electron chi connectivity index (χ0n) is 4.50. The van der Waals surface area contributed by atoms with Gasteiger partial charge in [-0.3, -0.25) is 0 Å². The number of rotatable bonds is 0. The summed E-state index contributed by atoms with van der Waals surface area (Å²) in [4.78, 5) is 7.50. The van der Waals surface area contributed by atoms with Crippen LogP contribution in [0.5, 0.6) is 0 Å². The van der Waals surface area contributed by atoms with Crippen LogP contribution in [-0.2, 0) is 0 Å². The summed E-state index contributed by atoms with van der Waals surface area (Å²) < 4.78 is 0.525. The normalized spacial score (nSPS) is 9.44. The number of nitrogens with two attached hydrogens (primary N) is 1. The maximum absolute atomic E-state index is 5.32. The summed E-state index contributed by atoms with van der Waals surface area (Å²) in [7, 11) is 5.25. The second-order valence-electron chi connectivity index (χ2n) is 1.47. The standard InChI is InChI=1S/C4H3BBrN3/c5-2-1-8-3(6)4(7)9-2/h1H,(H2,7,9). The van der Waals surface area contributed by atoms with E-state index in [-0.39, 0.29) is 0 Å². The zero-order valence-corrected chi connectivity index (χ0v) is 6.09. The number of hydrogen-bond donors (Lipinski definition) is 1. The van der Waals surface area contributed by atoms with E-state index in [0.717, 1.165) is 0 Å². The molecule has 0 spiro atoms. The highest BCUT2D eigenvalue weighted by molar-refractivity contribution is 9.10. The van der Waals surface area contributed by atoms with E-state index in [9.17, 15) is 0 Å². The second-order valence-corrected chi connectivity index (χ2v) is 2.22. The summed E-state index contributed by atoms with van der Waals surface area (Å²) in [6.07, 6.45) is 1.43. The minimum Gasteiger partial charge on any atom is -0.381 e. The van der Waals surface area contributed by atoms with E-state index in [1.54, 1.807) is 0 Å². The topological polar surface area (TPSA) is 51.8 Å². The Morgan fingerprint density at radius 3 is 2.78 bits per heavy atom. The van der Waals surface area contributed by atoms with E-state index in [0.29, 0.717) is 16.0 Å². The van der Waals surface area contributed by atoms with E-state index >= 15 is 0 Å². The van der Waals surface area contributed by atoms with Crippen molar-refractivity contribution in [2.75, 3.05) is 5.73 Å². The van der Waals surface area contributed by atoms with Gasteiger partial charge in [0, 0.05) is 11.8 Å². The van der Waals surface area contributed by atoms with E-state index in [4.69, 9.17) is 13.6 Å². The maximum atomic E-state index is 5.32. The van der Waals surface area contributed by atoms with Crippen LogP contribution in [-0.4, -0.2) is 17.8 Å². The van der Waals surface area contributed by atoms with Crippen LogP contribution in [0.15, 0.2) is 10.8 Å². The summed E-state index contributed by atoms with van der Waals surface area (Å²) >= 11 is 3.08. The third-order valence-corrected chi connectivity index (χ3v) is 1.38. The molecule has 0 saturated heterocycles. The molecule has 3 nitrogen and oxygen atoms in total. The molecule has 1 rings (SSSR count). The van der Waals surface area contributed by atoms with Gasteiger partial charge < -0.3 is 5.73 Å². The molecule has 9 heavy (non-hydrogen) atoms. The molecule has 0 fully saturated rings. The number of halogens is 1. The first-order valence-corrected chi connectivity index (χ1v) is 3.03. The molecule has 0 aliphatic carbocycles. The van der Waals surface area contributed by atoms with Gasteiger partial charge in [-0.1, -0.05) is 0 Å². The van der Waals surface area contributed by atoms with Crippen LogP contribution in [0.1, 0.15) is 0 Å².